The minimum atomic E-state index is -0.913. The summed E-state index contributed by atoms with van der Waals surface area (Å²) in [6, 6.07) is 5.83. The third-order valence-corrected chi connectivity index (χ3v) is 8.12. The van der Waals surface area contributed by atoms with E-state index >= 15 is 4.39 Å². The fraction of sp³-hybridized carbons (Fsp3) is 0.621. The van der Waals surface area contributed by atoms with Gasteiger partial charge in [0.25, 0.3) is 0 Å². The van der Waals surface area contributed by atoms with E-state index in [1.165, 1.54) is 6.07 Å². The minimum Gasteiger partial charge on any atom is -0.444 e. The molecule has 1 aromatic carbocycles. The lowest BCUT2D eigenvalue weighted by molar-refractivity contribution is -0.128. The normalized spacial score (nSPS) is 27.8. The first-order valence-corrected chi connectivity index (χ1v) is 13.7. The fourth-order valence-electron chi connectivity index (χ4n) is 6.33. The largest absolute Gasteiger partial charge is 0.444 e. The van der Waals surface area contributed by atoms with Gasteiger partial charge in [0.05, 0.1) is 25.3 Å². The van der Waals surface area contributed by atoms with Crippen LogP contribution in [0.5, 0.6) is 0 Å². The number of carbonyl (C=O) groups is 2. The molecule has 3 heterocycles. The van der Waals surface area contributed by atoms with Crippen LogP contribution in [0.1, 0.15) is 57.6 Å². The Kier molecular flexibility index (Phi) is 7.47. The first-order valence-electron chi connectivity index (χ1n) is 13.7. The molecule has 0 aromatic heterocycles. The van der Waals surface area contributed by atoms with Crippen molar-refractivity contribution in [3.8, 4) is 6.07 Å². The summed E-state index contributed by atoms with van der Waals surface area (Å²) < 4.78 is 26.3. The van der Waals surface area contributed by atoms with Crippen LogP contribution >= 0.6 is 0 Å². The van der Waals surface area contributed by atoms with Crippen molar-refractivity contribution >= 4 is 17.6 Å². The zero-order valence-corrected chi connectivity index (χ0v) is 22.4. The zero-order chi connectivity index (χ0) is 27.0. The fourth-order valence-corrected chi connectivity index (χ4v) is 6.33. The van der Waals surface area contributed by atoms with Crippen molar-refractivity contribution in [2.75, 3.05) is 26.3 Å². The number of amides is 2. The van der Waals surface area contributed by atoms with Gasteiger partial charge in [-0.25, -0.2) is 9.18 Å². The molecule has 1 aliphatic carbocycles. The molecule has 3 aliphatic heterocycles. The molecule has 1 saturated carbocycles. The number of nitrogens with one attached hydrogen (secondary N) is 1. The van der Waals surface area contributed by atoms with E-state index in [0.717, 1.165) is 56.5 Å². The smallest absolute Gasteiger partial charge is 0.411 e. The number of hydrogen-bond donors (Lipinski definition) is 1. The highest BCUT2D eigenvalue weighted by Gasteiger charge is 2.52. The molecule has 4 aliphatic rings. The summed E-state index contributed by atoms with van der Waals surface area (Å²) >= 11 is 0. The maximum absolute atomic E-state index is 15.2. The maximum atomic E-state index is 15.2. The van der Waals surface area contributed by atoms with Crippen molar-refractivity contribution in [2.24, 2.45) is 5.92 Å². The van der Waals surface area contributed by atoms with Gasteiger partial charge in [0.2, 0.25) is 5.91 Å². The average Bonchev–Trinajstić information content (AvgIpc) is 3.50. The van der Waals surface area contributed by atoms with E-state index < -0.39 is 29.6 Å². The Morgan fingerprint density at radius 1 is 1.29 bits per heavy atom. The highest BCUT2D eigenvalue weighted by atomic mass is 19.1. The predicted octanol–water partition coefficient (Wildman–Crippen LogP) is 3.65. The first kappa shape index (κ1) is 26.6. The van der Waals surface area contributed by atoms with Gasteiger partial charge in [-0.05, 0) is 75.1 Å². The number of likely N-dealkylation sites (tertiary alicyclic amines) is 1. The quantitative estimate of drug-likeness (QED) is 0.632. The van der Waals surface area contributed by atoms with E-state index in [9.17, 15) is 14.9 Å². The second-order valence-corrected chi connectivity index (χ2v) is 11.9. The van der Waals surface area contributed by atoms with Crippen molar-refractivity contribution in [3.05, 3.63) is 41.2 Å². The monoisotopic (exact) mass is 524 g/mol. The number of morpholine rings is 1. The first-order chi connectivity index (χ1) is 18.1. The lowest BCUT2D eigenvalue weighted by Gasteiger charge is -2.37. The van der Waals surface area contributed by atoms with Gasteiger partial charge in [0.1, 0.15) is 23.5 Å². The van der Waals surface area contributed by atoms with Crippen LogP contribution in [0.4, 0.5) is 9.18 Å². The van der Waals surface area contributed by atoms with Gasteiger partial charge < -0.3 is 14.8 Å². The summed E-state index contributed by atoms with van der Waals surface area (Å²) in [5.41, 5.74) is 1.64. The number of piperidine rings is 1. The number of nitriles is 1. The van der Waals surface area contributed by atoms with Crippen LogP contribution in [0.2, 0.25) is 0 Å². The summed E-state index contributed by atoms with van der Waals surface area (Å²) in [5.74, 6) is -0.731. The van der Waals surface area contributed by atoms with E-state index in [4.69, 9.17) is 9.47 Å². The number of carbonyl (C=O) groups excluding carboxylic acids is 2. The lowest BCUT2D eigenvalue weighted by Crippen LogP contribution is -2.55. The summed E-state index contributed by atoms with van der Waals surface area (Å²) in [6.07, 6.45) is 5.02. The van der Waals surface area contributed by atoms with Gasteiger partial charge in [-0.2, -0.15) is 5.26 Å². The minimum absolute atomic E-state index is 0.0301. The molecule has 9 heteroatoms. The number of nitrogens with zero attached hydrogens (tertiary/aromatic N) is 3. The Balaban J connectivity index is 1.25. The molecule has 2 bridgehead atoms. The SMILES string of the molecule is CC(C)(C)OC(=O)N1C2CCC(C2)C1C(=O)N[C@H](C#N)Cc1ccc(C2=CC3COCCN3CC2)cc1F. The van der Waals surface area contributed by atoms with Crippen LogP contribution in [0, 0.1) is 23.1 Å². The van der Waals surface area contributed by atoms with Gasteiger partial charge in [-0.3, -0.25) is 14.6 Å². The summed E-state index contributed by atoms with van der Waals surface area (Å²) in [4.78, 5) is 30.1. The number of halogens is 1. The van der Waals surface area contributed by atoms with E-state index in [0.29, 0.717) is 12.2 Å². The highest BCUT2D eigenvalue weighted by molar-refractivity contribution is 5.87. The van der Waals surface area contributed by atoms with Crippen molar-refractivity contribution in [3.63, 3.8) is 0 Å². The number of hydrogen-bond acceptors (Lipinski definition) is 6. The number of fused-ring (bicyclic) bond motifs is 3. The molecule has 0 spiro atoms. The van der Waals surface area contributed by atoms with Crippen molar-refractivity contribution < 1.29 is 23.5 Å². The van der Waals surface area contributed by atoms with E-state index in [-0.39, 0.29) is 30.3 Å². The summed E-state index contributed by atoms with van der Waals surface area (Å²) in [6.45, 7) is 8.63. The molecular formula is C29H37FN4O4. The molecule has 5 rings (SSSR count). The van der Waals surface area contributed by atoms with E-state index in [1.54, 1.807) is 31.7 Å². The molecule has 0 radical (unpaired) electrons. The Labute approximate surface area is 223 Å². The molecule has 8 nitrogen and oxygen atoms in total. The van der Waals surface area contributed by atoms with Gasteiger partial charge in [-0.15, -0.1) is 0 Å². The highest BCUT2D eigenvalue weighted by Crippen LogP contribution is 2.43. The summed E-state index contributed by atoms with van der Waals surface area (Å²) in [5, 5.41) is 12.6. The van der Waals surface area contributed by atoms with Crippen molar-refractivity contribution in [1.29, 1.82) is 5.26 Å². The van der Waals surface area contributed by atoms with Crippen molar-refractivity contribution in [2.45, 2.75) is 82.6 Å². The molecule has 1 aromatic rings. The van der Waals surface area contributed by atoms with Crippen LogP contribution in [0.25, 0.3) is 5.57 Å². The summed E-state index contributed by atoms with van der Waals surface area (Å²) in [7, 11) is 0. The Hall–Kier alpha value is -2.96. The van der Waals surface area contributed by atoms with Gasteiger partial charge in [0, 0.05) is 25.6 Å². The van der Waals surface area contributed by atoms with Crippen molar-refractivity contribution in [1.82, 2.24) is 15.1 Å². The van der Waals surface area contributed by atoms with Crippen LogP contribution < -0.4 is 5.32 Å². The number of benzene rings is 1. The molecule has 5 atom stereocenters. The molecule has 2 saturated heterocycles. The van der Waals surface area contributed by atoms with E-state index in [2.05, 4.69) is 22.4 Å². The molecule has 204 valence electrons. The molecule has 3 fully saturated rings. The van der Waals surface area contributed by atoms with Gasteiger partial charge in [-0.1, -0.05) is 18.2 Å². The maximum Gasteiger partial charge on any atom is 0.411 e. The molecule has 2 amide bonds. The van der Waals surface area contributed by atoms with Gasteiger partial charge in [0.15, 0.2) is 0 Å². The lowest BCUT2D eigenvalue weighted by atomic mass is 9.93. The van der Waals surface area contributed by atoms with Gasteiger partial charge >= 0.3 is 6.09 Å². The average molecular weight is 525 g/mol. The number of rotatable bonds is 5. The Morgan fingerprint density at radius 3 is 2.84 bits per heavy atom. The second-order valence-electron chi connectivity index (χ2n) is 11.9. The van der Waals surface area contributed by atoms with Crippen LogP contribution in [-0.4, -0.2) is 77.9 Å². The van der Waals surface area contributed by atoms with Crippen LogP contribution in [0.3, 0.4) is 0 Å². The molecular weight excluding hydrogens is 487 g/mol. The molecule has 4 unspecified atom stereocenters. The van der Waals surface area contributed by atoms with Crippen LogP contribution in [-0.2, 0) is 20.7 Å². The third kappa shape index (κ3) is 5.57. The van der Waals surface area contributed by atoms with E-state index in [1.807, 2.05) is 6.07 Å². The third-order valence-electron chi connectivity index (χ3n) is 8.12. The zero-order valence-electron chi connectivity index (χ0n) is 22.4. The topological polar surface area (TPSA) is 94.9 Å². The Bertz CT molecular complexity index is 1160. The molecule has 1 N–H and O–H groups in total. The molecule has 38 heavy (non-hydrogen) atoms. The standard InChI is InChI=1S/C29H37FN4O4/c1-29(2,3)38-28(36)34-23-7-6-21(14-23)26(34)27(35)32-22(16-31)12-20-5-4-18(15-25(20)30)19-8-9-33-10-11-37-17-24(33)13-19/h4-5,13,15,21-24,26H,6-12,14,17H2,1-3H3,(H,32,35)/t21?,22-,23?,24?,26?/m0/s1. The number of ether oxygens (including phenoxy) is 2. The predicted molar refractivity (Wildman–Crippen MR) is 139 cm³/mol. The Morgan fingerprint density at radius 2 is 2.11 bits per heavy atom. The second kappa shape index (κ2) is 10.7. The van der Waals surface area contributed by atoms with Crippen LogP contribution in [0.15, 0.2) is 24.3 Å².